The Balaban J connectivity index is 4.30. The van der Waals surface area contributed by atoms with Crippen LogP contribution >= 0.6 is 7.82 Å². The smallest absolute Gasteiger partial charge is 0.462 e. The van der Waals surface area contributed by atoms with E-state index in [1.807, 2.05) is 0 Å². The molecule has 0 aliphatic heterocycles. The molecule has 0 heterocycles. The standard InChI is InChI=1S/C41H77O10P/c1-3-5-7-9-11-13-15-17-18-19-21-22-24-26-28-30-32-40(44)48-36-39(37-50-52(46,47)49-35-38(43)34-42)51-41(45)33-31-29-27-25-23-20-16-14-12-10-8-6-4-2/h8,10,14,16,38-39,42-43H,3-7,9,11-13,15,17-37H2,1-2H3,(H,46,47)/b10-8-,16-14-. The van der Waals surface area contributed by atoms with Gasteiger partial charge in [0.15, 0.2) is 6.10 Å². The number of allylic oxidation sites excluding steroid dienone is 4. The molecule has 0 aliphatic carbocycles. The van der Waals surface area contributed by atoms with Crippen molar-refractivity contribution in [3.63, 3.8) is 0 Å². The highest BCUT2D eigenvalue weighted by Crippen LogP contribution is 2.43. The molecule has 0 aromatic heterocycles. The summed E-state index contributed by atoms with van der Waals surface area (Å²) in [5.74, 6) is -0.936. The topological polar surface area (TPSA) is 149 Å². The monoisotopic (exact) mass is 761 g/mol. The minimum absolute atomic E-state index is 0.170. The summed E-state index contributed by atoms with van der Waals surface area (Å²) >= 11 is 0. The Morgan fingerprint density at radius 2 is 1.04 bits per heavy atom. The molecule has 0 aromatic rings. The number of unbranched alkanes of at least 4 members (excludes halogenated alkanes) is 21. The molecule has 3 unspecified atom stereocenters. The van der Waals surface area contributed by atoms with Gasteiger partial charge in [-0.15, -0.1) is 0 Å². The van der Waals surface area contributed by atoms with Crippen molar-refractivity contribution in [2.24, 2.45) is 0 Å². The van der Waals surface area contributed by atoms with Crippen LogP contribution in [-0.2, 0) is 32.7 Å². The predicted molar refractivity (Wildman–Crippen MR) is 210 cm³/mol. The van der Waals surface area contributed by atoms with Crippen molar-refractivity contribution in [2.45, 2.75) is 199 Å². The average molecular weight is 761 g/mol. The van der Waals surface area contributed by atoms with Gasteiger partial charge >= 0.3 is 19.8 Å². The third-order valence-corrected chi connectivity index (χ3v) is 9.79. The van der Waals surface area contributed by atoms with Crippen LogP contribution in [0.4, 0.5) is 0 Å². The van der Waals surface area contributed by atoms with E-state index in [-0.39, 0.29) is 19.4 Å². The fourth-order valence-electron chi connectivity index (χ4n) is 5.62. The number of ether oxygens (including phenoxy) is 2. The Kier molecular flexibility index (Phi) is 36.6. The number of rotatable bonds is 39. The molecule has 10 nitrogen and oxygen atoms in total. The molecule has 3 N–H and O–H groups in total. The molecule has 0 bridgehead atoms. The van der Waals surface area contributed by atoms with Gasteiger partial charge in [0.1, 0.15) is 12.7 Å². The zero-order chi connectivity index (χ0) is 38.4. The number of carbonyl (C=O) groups is 2. The van der Waals surface area contributed by atoms with E-state index in [2.05, 4.69) is 42.7 Å². The predicted octanol–water partition coefficient (Wildman–Crippen LogP) is 10.6. The molecule has 0 radical (unpaired) electrons. The summed E-state index contributed by atoms with van der Waals surface area (Å²) < 4.78 is 32.6. The minimum atomic E-state index is -4.61. The molecular formula is C41H77O10P. The number of carbonyl (C=O) groups excluding carboxylic acids is 2. The summed E-state index contributed by atoms with van der Waals surface area (Å²) in [6.07, 6.45) is 35.7. The Hall–Kier alpha value is -1.55. The summed E-state index contributed by atoms with van der Waals surface area (Å²) in [7, 11) is -4.61. The third kappa shape index (κ3) is 36.8. The molecule has 3 atom stereocenters. The lowest BCUT2D eigenvalue weighted by Crippen LogP contribution is -2.29. The van der Waals surface area contributed by atoms with E-state index < -0.39 is 51.8 Å². The van der Waals surface area contributed by atoms with E-state index in [0.29, 0.717) is 12.8 Å². The molecule has 52 heavy (non-hydrogen) atoms. The Labute approximate surface area is 317 Å². The van der Waals surface area contributed by atoms with Crippen LogP contribution in [0.3, 0.4) is 0 Å². The summed E-state index contributed by atoms with van der Waals surface area (Å²) in [6.45, 7) is 2.31. The van der Waals surface area contributed by atoms with Crippen LogP contribution in [0, 0.1) is 0 Å². The Morgan fingerprint density at radius 1 is 0.577 bits per heavy atom. The van der Waals surface area contributed by atoms with Crippen LogP contribution in [0.5, 0.6) is 0 Å². The van der Waals surface area contributed by atoms with E-state index >= 15 is 0 Å². The number of aliphatic hydroxyl groups is 2. The van der Waals surface area contributed by atoms with Gasteiger partial charge in [-0.2, -0.15) is 0 Å². The van der Waals surface area contributed by atoms with Crippen LogP contribution in [-0.4, -0.2) is 65.7 Å². The normalized spacial score (nSPS) is 14.2. The summed E-state index contributed by atoms with van der Waals surface area (Å²) in [4.78, 5) is 34.9. The molecule has 0 rings (SSSR count). The van der Waals surface area contributed by atoms with E-state index in [4.69, 9.17) is 19.1 Å². The first-order valence-corrected chi connectivity index (χ1v) is 22.3. The Bertz CT molecular complexity index is 925. The van der Waals surface area contributed by atoms with E-state index in [9.17, 15) is 24.2 Å². The molecule has 0 spiro atoms. The number of aliphatic hydroxyl groups excluding tert-OH is 2. The van der Waals surface area contributed by atoms with Crippen LogP contribution in [0.15, 0.2) is 24.3 Å². The SMILES string of the molecule is CCC/C=C\C/C=C\CCCCCCCC(=O)OC(COC(=O)CCCCCCCCCCCCCCCCCC)COP(=O)(O)OCC(O)CO. The first-order chi connectivity index (χ1) is 25.2. The van der Waals surface area contributed by atoms with Gasteiger partial charge in [-0.3, -0.25) is 18.6 Å². The molecule has 306 valence electrons. The van der Waals surface area contributed by atoms with E-state index in [1.54, 1.807) is 0 Å². The first kappa shape index (κ1) is 50.5. The fraction of sp³-hybridized carbons (Fsp3) is 0.854. The number of hydrogen-bond acceptors (Lipinski definition) is 9. The highest BCUT2D eigenvalue weighted by Gasteiger charge is 2.27. The molecule has 11 heteroatoms. The second kappa shape index (κ2) is 37.8. The minimum Gasteiger partial charge on any atom is -0.462 e. The lowest BCUT2D eigenvalue weighted by Gasteiger charge is -2.20. The molecule has 0 aliphatic rings. The number of phosphoric acid groups is 1. The van der Waals surface area contributed by atoms with Gasteiger partial charge in [-0.05, 0) is 38.5 Å². The van der Waals surface area contributed by atoms with E-state index in [1.165, 1.54) is 83.5 Å². The molecule has 0 saturated heterocycles. The van der Waals surface area contributed by atoms with Gasteiger partial charge in [-0.1, -0.05) is 160 Å². The second-order valence-corrected chi connectivity index (χ2v) is 15.5. The summed E-state index contributed by atoms with van der Waals surface area (Å²) in [6, 6.07) is 0. The van der Waals surface area contributed by atoms with Gasteiger partial charge in [0, 0.05) is 12.8 Å². The number of phosphoric ester groups is 1. The van der Waals surface area contributed by atoms with Gasteiger partial charge in [-0.25, -0.2) is 4.57 Å². The molecule has 0 aromatic carbocycles. The van der Waals surface area contributed by atoms with Crippen molar-refractivity contribution in [3.05, 3.63) is 24.3 Å². The van der Waals surface area contributed by atoms with Crippen molar-refractivity contribution >= 4 is 19.8 Å². The summed E-state index contributed by atoms with van der Waals surface area (Å²) in [5, 5.41) is 18.3. The number of hydrogen-bond donors (Lipinski definition) is 3. The lowest BCUT2D eigenvalue weighted by atomic mass is 10.0. The van der Waals surface area contributed by atoms with Crippen LogP contribution in [0.2, 0.25) is 0 Å². The van der Waals surface area contributed by atoms with Crippen molar-refractivity contribution < 1.29 is 47.8 Å². The maximum Gasteiger partial charge on any atom is 0.472 e. The van der Waals surface area contributed by atoms with Crippen LogP contribution in [0.25, 0.3) is 0 Å². The van der Waals surface area contributed by atoms with Crippen molar-refractivity contribution in [2.75, 3.05) is 26.4 Å². The molecule has 0 fully saturated rings. The van der Waals surface area contributed by atoms with Gasteiger partial charge in [0.25, 0.3) is 0 Å². The fourth-order valence-corrected chi connectivity index (χ4v) is 6.41. The van der Waals surface area contributed by atoms with Gasteiger partial charge in [0.05, 0.1) is 19.8 Å². The number of esters is 2. The maximum atomic E-state index is 12.6. The van der Waals surface area contributed by atoms with Gasteiger partial charge in [0.2, 0.25) is 0 Å². The van der Waals surface area contributed by atoms with Gasteiger partial charge < -0.3 is 24.6 Å². The lowest BCUT2D eigenvalue weighted by molar-refractivity contribution is -0.161. The average Bonchev–Trinajstić information content (AvgIpc) is 3.13. The largest absolute Gasteiger partial charge is 0.472 e. The van der Waals surface area contributed by atoms with Crippen molar-refractivity contribution in [1.82, 2.24) is 0 Å². The first-order valence-electron chi connectivity index (χ1n) is 20.8. The van der Waals surface area contributed by atoms with E-state index in [0.717, 1.165) is 64.2 Å². The highest BCUT2D eigenvalue weighted by atomic mass is 31.2. The molecule has 0 amide bonds. The zero-order valence-electron chi connectivity index (χ0n) is 33.0. The second-order valence-electron chi connectivity index (χ2n) is 14.0. The Morgan fingerprint density at radius 3 is 1.56 bits per heavy atom. The summed E-state index contributed by atoms with van der Waals surface area (Å²) in [5.41, 5.74) is 0. The maximum absolute atomic E-state index is 12.6. The van der Waals surface area contributed by atoms with Crippen LogP contribution < -0.4 is 0 Å². The van der Waals surface area contributed by atoms with Crippen molar-refractivity contribution in [1.29, 1.82) is 0 Å². The molecule has 0 saturated carbocycles. The third-order valence-electron chi connectivity index (χ3n) is 8.84. The quantitative estimate of drug-likeness (QED) is 0.0239. The highest BCUT2D eigenvalue weighted by molar-refractivity contribution is 7.47. The van der Waals surface area contributed by atoms with Crippen molar-refractivity contribution in [3.8, 4) is 0 Å². The molecular weight excluding hydrogens is 683 g/mol. The van der Waals surface area contributed by atoms with Crippen LogP contribution in [0.1, 0.15) is 187 Å². The zero-order valence-corrected chi connectivity index (χ0v) is 33.9.